The molecule has 1 N–H and O–H groups in total. The maximum absolute atomic E-state index is 13.0. The van der Waals surface area contributed by atoms with Crippen LogP contribution in [0.25, 0.3) is 0 Å². The van der Waals surface area contributed by atoms with E-state index in [4.69, 9.17) is 18.6 Å². The molecule has 1 fully saturated rings. The van der Waals surface area contributed by atoms with Crippen molar-refractivity contribution in [3.8, 4) is 11.5 Å². The standard InChI is InChI=1S/C26H30N2O5S/c1-30-19-10-9-17(16-21(19)31-2)24(28-11-14-32-15-12-28)23-18-6-3-4-8-22(18)34-26(23)27-25(29)20-7-5-13-33-20/h5,7,9-10,13,16,24H,3-4,6,8,11-12,14-15H2,1-2H3,(H,27,29)/t24-/m1/s1. The minimum Gasteiger partial charge on any atom is -0.493 e. The fraction of sp³-hybridized carbons (Fsp3) is 0.423. The summed E-state index contributed by atoms with van der Waals surface area (Å²) in [6.07, 6.45) is 5.92. The molecule has 2 aromatic heterocycles. The van der Waals surface area contributed by atoms with Gasteiger partial charge in [0.15, 0.2) is 17.3 Å². The highest BCUT2D eigenvalue weighted by atomic mass is 32.1. The zero-order chi connectivity index (χ0) is 23.5. The van der Waals surface area contributed by atoms with Crippen molar-refractivity contribution in [1.29, 1.82) is 0 Å². The minimum atomic E-state index is -0.224. The van der Waals surface area contributed by atoms with Crippen molar-refractivity contribution in [2.75, 3.05) is 45.8 Å². The molecular weight excluding hydrogens is 452 g/mol. The Morgan fingerprint density at radius 2 is 1.88 bits per heavy atom. The number of amides is 1. The summed E-state index contributed by atoms with van der Waals surface area (Å²) < 4.78 is 22.2. The zero-order valence-electron chi connectivity index (χ0n) is 19.6. The number of methoxy groups -OCH3 is 2. The number of benzene rings is 1. The van der Waals surface area contributed by atoms with E-state index >= 15 is 0 Å². The van der Waals surface area contributed by atoms with Crippen LogP contribution in [-0.4, -0.2) is 51.3 Å². The second kappa shape index (κ2) is 10.2. The molecule has 1 aliphatic carbocycles. The molecular formula is C26H30N2O5S. The Morgan fingerprint density at radius 3 is 2.62 bits per heavy atom. The summed E-state index contributed by atoms with van der Waals surface area (Å²) in [6, 6.07) is 9.51. The number of ether oxygens (including phenoxy) is 3. The summed E-state index contributed by atoms with van der Waals surface area (Å²) in [5.74, 6) is 1.48. The number of hydrogen-bond donors (Lipinski definition) is 1. The van der Waals surface area contributed by atoms with Crippen LogP contribution in [0.1, 0.15) is 51.0 Å². The van der Waals surface area contributed by atoms with Gasteiger partial charge in [-0.15, -0.1) is 11.3 Å². The second-order valence-corrected chi connectivity index (χ2v) is 9.66. The summed E-state index contributed by atoms with van der Waals surface area (Å²) in [5.41, 5.74) is 3.67. The predicted octanol–water partition coefficient (Wildman–Crippen LogP) is 4.91. The molecule has 2 aliphatic rings. The average molecular weight is 483 g/mol. The van der Waals surface area contributed by atoms with Gasteiger partial charge < -0.3 is 23.9 Å². The van der Waals surface area contributed by atoms with Crippen LogP contribution >= 0.6 is 11.3 Å². The number of carbonyl (C=O) groups is 1. The Morgan fingerprint density at radius 1 is 1.09 bits per heavy atom. The Balaban J connectivity index is 1.63. The number of furan rings is 1. The monoisotopic (exact) mass is 482 g/mol. The molecule has 1 aliphatic heterocycles. The number of aryl methyl sites for hydroxylation is 1. The van der Waals surface area contributed by atoms with Crippen molar-refractivity contribution in [1.82, 2.24) is 4.90 Å². The normalized spacial score (nSPS) is 17.1. The van der Waals surface area contributed by atoms with E-state index in [1.54, 1.807) is 37.7 Å². The Hall–Kier alpha value is -2.81. The van der Waals surface area contributed by atoms with E-state index in [1.165, 1.54) is 28.7 Å². The summed E-state index contributed by atoms with van der Waals surface area (Å²) in [7, 11) is 3.31. The molecule has 3 aromatic rings. The van der Waals surface area contributed by atoms with Crippen LogP contribution in [0, 0.1) is 0 Å². The van der Waals surface area contributed by atoms with Gasteiger partial charge in [0.2, 0.25) is 0 Å². The molecule has 7 nitrogen and oxygen atoms in total. The van der Waals surface area contributed by atoms with E-state index in [0.717, 1.165) is 42.9 Å². The molecule has 0 spiro atoms. The van der Waals surface area contributed by atoms with Gasteiger partial charge in [0.1, 0.15) is 5.00 Å². The highest BCUT2D eigenvalue weighted by molar-refractivity contribution is 7.16. The SMILES string of the molecule is COc1ccc([C@H](c2c(NC(=O)c3ccco3)sc3c2CCCC3)N2CCOCC2)cc1OC. The average Bonchev–Trinajstić information content (AvgIpc) is 3.54. The molecule has 180 valence electrons. The molecule has 0 saturated carbocycles. The number of fused-ring (bicyclic) bond motifs is 1. The molecule has 1 amide bonds. The third kappa shape index (κ3) is 4.45. The molecule has 1 atom stereocenters. The highest BCUT2D eigenvalue weighted by Gasteiger charge is 2.33. The molecule has 0 radical (unpaired) electrons. The molecule has 8 heteroatoms. The van der Waals surface area contributed by atoms with Crippen LogP contribution in [-0.2, 0) is 17.6 Å². The number of rotatable bonds is 7. The molecule has 1 saturated heterocycles. The van der Waals surface area contributed by atoms with E-state index in [0.29, 0.717) is 30.5 Å². The summed E-state index contributed by atoms with van der Waals surface area (Å²) >= 11 is 1.70. The number of hydrogen-bond acceptors (Lipinski definition) is 7. The van der Waals surface area contributed by atoms with Gasteiger partial charge in [0.05, 0.1) is 39.7 Å². The van der Waals surface area contributed by atoms with Crippen LogP contribution in [0.5, 0.6) is 11.5 Å². The number of morpholine rings is 1. The largest absolute Gasteiger partial charge is 0.493 e. The van der Waals surface area contributed by atoms with E-state index in [9.17, 15) is 4.79 Å². The maximum atomic E-state index is 13.0. The topological polar surface area (TPSA) is 73.2 Å². The van der Waals surface area contributed by atoms with Gasteiger partial charge in [-0.1, -0.05) is 6.07 Å². The third-order valence-corrected chi connectivity index (χ3v) is 7.81. The first kappa shape index (κ1) is 23.0. The number of nitrogens with one attached hydrogen (secondary N) is 1. The lowest BCUT2D eigenvalue weighted by molar-refractivity contribution is 0.0239. The molecule has 34 heavy (non-hydrogen) atoms. The van der Waals surface area contributed by atoms with Crippen LogP contribution in [0.15, 0.2) is 41.0 Å². The van der Waals surface area contributed by atoms with Crippen molar-refractivity contribution in [2.24, 2.45) is 0 Å². The number of thiophene rings is 1. The lowest BCUT2D eigenvalue weighted by Crippen LogP contribution is -2.40. The van der Waals surface area contributed by atoms with Gasteiger partial charge in [-0.2, -0.15) is 0 Å². The molecule has 0 bridgehead atoms. The highest BCUT2D eigenvalue weighted by Crippen LogP contribution is 2.46. The van der Waals surface area contributed by atoms with E-state index in [1.807, 2.05) is 6.07 Å². The van der Waals surface area contributed by atoms with Crippen molar-refractivity contribution in [3.05, 3.63) is 63.9 Å². The Bertz CT molecular complexity index is 1130. The zero-order valence-corrected chi connectivity index (χ0v) is 20.4. The number of nitrogens with zero attached hydrogens (tertiary/aromatic N) is 1. The smallest absolute Gasteiger partial charge is 0.291 e. The van der Waals surface area contributed by atoms with Gasteiger partial charge in [-0.3, -0.25) is 9.69 Å². The summed E-state index contributed by atoms with van der Waals surface area (Å²) in [5, 5.41) is 4.08. The van der Waals surface area contributed by atoms with Crippen LogP contribution in [0.3, 0.4) is 0 Å². The Labute approximate surface area is 203 Å². The van der Waals surface area contributed by atoms with Crippen LogP contribution in [0.2, 0.25) is 0 Å². The van der Waals surface area contributed by atoms with Gasteiger partial charge in [0.25, 0.3) is 5.91 Å². The van der Waals surface area contributed by atoms with E-state index in [2.05, 4.69) is 22.3 Å². The first-order chi connectivity index (χ1) is 16.7. The molecule has 5 rings (SSSR count). The first-order valence-corrected chi connectivity index (χ1v) is 12.5. The minimum absolute atomic E-state index is 0.0336. The van der Waals surface area contributed by atoms with Gasteiger partial charge in [0, 0.05) is 23.5 Å². The number of carbonyl (C=O) groups excluding carboxylic acids is 1. The van der Waals surface area contributed by atoms with Crippen molar-refractivity contribution in [3.63, 3.8) is 0 Å². The summed E-state index contributed by atoms with van der Waals surface area (Å²) in [6.45, 7) is 3.00. The number of anilines is 1. The van der Waals surface area contributed by atoms with Crippen molar-refractivity contribution < 1.29 is 23.4 Å². The van der Waals surface area contributed by atoms with E-state index < -0.39 is 0 Å². The molecule has 0 unspecified atom stereocenters. The van der Waals surface area contributed by atoms with Crippen molar-refractivity contribution >= 4 is 22.2 Å². The van der Waals surface area contributed by atoms with E-state index in [-0.39, 0.29) is 11.9 Å². The fourth-order valence-corrected chi connectivity index (χ4v) is 6.28. The van der Waals surface area contributed by atoms with Crippen LogP contribution in [0.4, 0.5) is 5.00 Å². The fourth-order valence-electron chi connectivity index (χ4n) is 4.96. The first-order valence-electron chi connectivity index (χ1n) is 11.7. The molecule has 1 aromatic carbocycles. The lowest BCUT2D eigenvalue weighted by Gasteiger charge is -2.36. The summed E-state index contributed by atoms with van der Waals surface area (Å²) in [4.78, 5) is 16.8. The molecule has 3 heterocycles. The predicted molar refractivity (Wildman–Crippen MR) is 131 cm³/mol. The Kier molecular flexibility index (Phi) is 6.89. The van der Waals surface area contributed by atoms with Gasteiger partial charge in [-0.25, -0.2) is 0 Å². The van der Waals surface area contributed by atoms with Crippen LogP contribution < -0.4 is 14.8 Å². The van der Waals surface area contributed by atoms with Gasteiger partial charge in [-0.05, 0) is 61.1 Å². The van der Waals surface area contributed by atoms with Crippen molar-refractivity contribution in [2.45, 2.75) is 31.7 Å². The quantitative estimate of drug-likeness (QED) is 0.516. The second-order valence-electron chi connectivity index (χ2n) is 8.55. The van der Waals surface area contributed by atoms with Gasteiger partial charge >= 0.3 is 0 Å². The lowest BCUT2D eigenvalue weighted by atomic mass is 9.88. The third-order valence-electron chi connectivity index (χ3n) is 6.59. The maximum Gasteiger partial charge on any atom is 0.291 e.